The van der Waals surface area contributed by atoms with Gasteiger partial charge in [0.2, 0.25) is 0 Å². The van der Waals surface area contributed by atoms with Crippen molar-refractivity contribution in [1.82, 2.24) is 5.32 Å². The predicted molar refractivity (Wildman–Crippen MR) is 90.8 cm³/mol. The van der Waals surface area contributed by atoms with E-state index in [2.05, 4.69) is 30.4 Å². The van der Waals surface area contributed by atoms with E-state index < -0.39 is 0 Å². The highest BCUT2D eigenvalue weighted by Crippen LogP contribution is 2.40. The van der Waals surface area contributed by atoms with Crippen molar-refractivity contribution in [1.29, 1.82) is 0 Å². The summed E-state index contributed by atoms with van der Waals surface area (Å²) in [7, 11) is 0. The molecule has 4 atom stereocenters. The Morgan fingerprint density at radius 2 is 1.95 bits per heavy atom. The van der Waals surface area contributed by atoms with E-state index in [9.17, 15) is 0 Å². The lowest BCUT2D eigenvalue weighted by molar-refractivity contribution is 0.139. The fourth-order valence-electron chi connectivity index (χ4n) is 4.50. The Morgan fingerprint density at radius 3 is 2.76 bits per heavy atom. The molecule has 0 heterocycles. The van der Waals surface area contributed by atoms with Gasteiger partial charge in [-0.15, -0.1) is 0 Å². The van der Waals surface area contributed by atoms with Crippen molar-refractivity contribution in [2.75, 3.05) is 0 Å². The average Bonchev–Trinajstić information content (AvgIpc) is 2.47. The first-order chi connectivity index (χ1) is 10.2. The maximum atomic E-state index is 6.08. The van der Waals surface area contributed by atoms with E-state index in [1.54, 1.807) is 0 Å². The second-order valence-corrected chi connectivity index (χ2v) is 7.65. The number of halogens is 1. The smallest absolute Gasteiger partial charge is 0.0408 e. The molecular weight excluding hydrogens is 278 g/mol. The number of benzene rings is 1. The number of rotatable bonds is 4. The van der Waals surface area contributed by atoms with E-state index in [-0.39, 0.29) is 0 Å². The van der Waals surface area contributed by atoms with Crippen LogP contribution in [0.4, 0.5) is 0 Å². The first kappa shape index (κ1) is 15.4. The molecule has 116 valence electrons. The molecule has 2 fully saturated rings. The molecule has 2 heteroatoms. The van der Waals surface area contributed by atoms with Gasteiger partial charge in [-0.2, -0.15) is 0 Å². The normalized spacial score (nSPS) is 30.7. The molecular formula is C19H28ClN. The average molecular weight is 306 g/mol. The van der Waals surface area contributed by atoms with Gasteiger partial charge in [0.05, 0.1) is 0 Å². The van der Waals surface area contributed by atoms with Crippen molar-refractivity contribution >= 4 is 11.6 Å². The van der Waals surface area contributed by atoms with Crippen LogP contribution in [-0.4, -0.2) is 12.1 Å². The molecule has 0 bridgehead atoms. The summed E-state index contributed by atoms with van der Waals surface area (Å²) in [6.07, 6.45) is 11.2. The number of fused-ring (bicyclic) bond motifs is 1. The van der Waals surface area contributed by atoms with Crippen molar-refractivity contribution in [3.63, 3.8) is 0 Å². The summed E-state index contributed by atoms with van der Waals surface area (Å²) >= 11 is 6.08. The molecule has 21 heavy (non-hydrogen) atoms. The highest BCUT2D eigenvalue weighted by Gasteiger charge is 2.32. The monoisotopic (exact) mass is 305 g/mol. The van der Waals surface area contributed by atoms with Crippen molar-refractivity contribution in [3.8, 4) is 0 Å². The minimum Gasteiger partial charge on any atom is -0.311 e. The summed E-state index contributed by atoms with van der Waals surface area (Å²) in [6, 6.07) is 9.55. The Morgan fingerprint density at radius 1 is 1.14 bits per heavy atom. The van der Waals surface area contributed by atoms with Crippen molar-refractivity contribution in [2.24, 2.45) is 11.8 Å². The standard InChI is InChI=1S/C19H28ClN/c1-14(11-15-5-4-8-18(20)12-15)21-19-10-9-16-6-2-3-7-17(16)13-19/h4-5,8,12,14,16-17,19,21H,2-3,6-7,9-11,13H2,1H3. The molecule has 1 N–H and O–H groups in total. The largest absolute Gasteiger partial charge is 0.311 e. The van der Waals surface area contributed by atoms with Gasteiger partial charge < -0.3 is 5.32 Å². The van der Waals surface area contributed by atoms with Crippen LogP contribution < -0.4 is 5.32 Å². The molecule has 0 aliphatic heterocycles. The summed E-state index contributed by atoms with van der Waals surface area (Å²) in [5.41, 5.74) is 1.34. The topological polar surface area (TPSA) is 12.0 Å². The van der Waals surface area contributed by atoms with Gasteiger partial charge >= 0.3 is 0 Å². The van der Waals surface area contributed by atoms with Gasteiger partial charge in [0, 0.05) is 17.1 Å². The molecule has 2 saturated carbocycles. The summed E-state index contributed by atoms with van der Waals surface area (Å²) < 4.78 is 0. The molecule has 0 radical (unpaired) electrons. The van der Waals surface area contributed by atoms with Crippen molar-refractivity contribution < 1.29 is 0 Å². The van der Waals surface area contributed by atoms with Gasteiger partial charge in [-0.05, 0) is 62.1 Å². The van der Waals surface area contributed by atoms with Gasteiger partial charge in [0.15, 0.2) is 0 Å². The number of nitrogens with one attached hydrogen (secondary N) is 1. The molecule has 4 unspecified atom stereocenters. The lowest BCUT2D eigenvalue weighted by Gasteiger charge is -2.40. The summed E-state index contributed by atoms with van der Waals surface area (Å²) in [6.45, 7) is 2.31. The van der Waals surface area contributed by atoms with E-state index in [0.29, 0.717) is 6.04 Å². The second kappa shape index (κ2) is 7.15. The predicted octanol–water partition coefficient (Wildman–Crippen LogP) is 5.22. The van der Waals surface area contributed by atoms with Crippen molar-refractivity contribution in [3.05, 3.63) is 34.9 Å². The molecule has 0 saturated heterocycles. The van der Waals surface area contributed by atoms with E-state index in [1.807, 2.05) is 6.07 Å². The zero-order chi connectivity index (χ0) is 14.7. The summed E-state index contributed by atoms with van der Waals surface area (Å²) in [4.78, 5) is 0. The van der Waals surface area contributed by atoms with Crippen LogP contribution in [-0.2, 0) is 6.42 Å². The lowest BCUT2D eigenvalue weighted by atomic mass is 9.69. The van der Waals surface area contributed by atoms with Crippen LogP contribution >= 0.6 is 11.6 Å². The number of hydrogen-bond donors (Lipinski definition) is 1. The number of hydrogen-bond acceptors (Lipinski definition) is 1. The first-order valence-corrected chi connectivity index (χ1v) is 9.09. The SMILES string of the molecule is CC(Cc1cccc(Cl)c1)NC1CCC2CCCCC2C1. The van der Waals surface area contributed by atoms with Gasteiger partial charge in [-0.1, -0.05) is 49.4 Å². The van der Waals surface area contributed by atoms with Gasteiger partial charge in [-0.25, -0.2) is 0 Å². The molecule has 1 nitrogen and oxygen atoms in total. The van der Waals surface area contributed by atoms with Crippen LogP contribution in [0, 0.1) is 11.8 Å². The van der Waals surface area contributed by atoms with Gasteiger partial charge in [-0.3, -0.25) is 0 Å². The maximum absolute atomic E-state index is 6.08. The molecule has 0 spiro atoms. The fourth-order valence-corrected chi connectivity index (χ4v) is 4.72. The third kappa shape index (κ3) is 4.23. The van der Waals surface area contributed by atoms with Crippen LogP contribution in [0.5, 0.6) is 0 Å². The Labute approximate surface area is 134 Å². The van der Waals surface area contributed by atoms with E-state index in [4.69, 9.17) is 11.6 Å². The Balaban J connectivity index is 1.49. The van der Waals surface area contributed by atoms with Crippen LogP contribution in [0.1, 0.15) is 57.4 Å². The summed E-state index contributed by atoms with van der Waals surface area (Å²) in [5.74, 6) is 2.04. The van der Waals surface area contributed by atoms with E-state index in [1.165, 1.54) is 50.5 Å². The van der Waals surface area contributed by atoms with Crippen LogP contribution in [0.15, 0.2) is 24.3 Å². The second-order valence-electron chi connectivity index (χ2n) is 7.22. The molecule has 0 amide bonds. The van der Waals surface area contributed by atoms with Crippen LogP contribution in [0.25, 0.3) is 0 Å². The molecule has 1 aromatic rings. The zero-order valence-corrected chi connectivity index (χ0v) is 13.9. The highest BCUT2D eigenvalue weighted by molar-refractivity contribution is 6.30. The van der Waals surface area contributed by atoms with Crippen molar-refractivity contribution in [2.45, 2.75) is 70.4 Å². The quantitative estimate of drug-likeness (QED) is 0.804. The summed E-state index contributed by atoms with van der Waals surface area (Å²) in [5, 5.41) is 4.73. The fraction of sp³-hybridized carbons (Fsp3) is 0.684. The molecule has 3 rings (SSSR count). The minimum atomic E-state index is 0.536. The molecule has 0 aromatic heterocycles. The molecule has 1 aromatic carbocycles. The Bertz CT molecular complexity index is 459. The van der Waals surface area contributed by atoms with Crippen LogP contribution in [0.3, 0.4) is 0 Å². The van der Waals surface area contributed by atoms with E-state index >= 15 is 0 Å². The van der Waals surface area contributed by atoms with Crippen LogP contribution in [0.2, 0.25) is 5.02 Å². The molecule has 2 aliphatic carbocycles. The minimum absolute atomic E-state index is 0.536. The van der Waals surface area contributed by atoms with E-state index in [0.717, 1.165) is 29.3 Å². The third-order valence-electron chi connectivity index (χ3n) is 5.49. The first-order valence-electron chi connectivity index (χ1n) is 8.71. The third-order valence-corrected chi connectivity index (χ3v) is 5.73. The maximum Gasteiger partial charge on any atom is 0.0408 e. The highest BCUT2D eigenvalue weighted by atomic mass is 35.5. The molecule has 2 aliphatic rings. The Kier molecular flexibility index (Phi) is 5.24. The lowest BCUT2D eigenvalue weighted by Crippen LogP contribution is -2.43. The van der Waals surface area contributed by atoms with Gasteiger partial charge in [0.25, 0.3) is 0 Å². The Hall–Kier alpha value is -0.530. The zero-order valence-electron chi connectivity index (χ0n) is 13.2. The van der Waals surface area contributed by atoms with Gasteiger partial charge in [0.1, 0.15) is 0 Å².